The summed E-state index contributed by atoms with van der Waals surface area (Å²) < 4.78 is 6.00. The topological polar surface area (TPSA) is 79.2 Å². The van der Waals surface area contributed by atoms with Crippen molar-refractivity contribution in [2.75, 3.05) is 11.9 Å². The van der Waals surface area contributed by atoms with Crippen molar-refractivity contribution in [1.29, 1.82) is 5.26 Å². The molecule has 2 aromatic heterocycles. The first-order chi connectivity index (χ1) is 13.1. The van der Waals surface area contributed by atoms with Gasteiger partial charge in [0.25, 0.3) is 5.91 Å². The summed E-state index contributed by atoms with van der Waals surface area (Å²) in [7, 11) is 0. The third-order valence-corrected chi connectivity index (χ3v) is 7.20. The van der Waals surface area contributed by atoms with Gasteiger partial charge in [0.15, 0.2) is 6.61 Å². The fourth-order valence-corrected chi connectivity index (χ4v) is 5.77. The highest BCUT2D eigenvalue weighted by molar-refractivity contribution is 7.21. The lowest BCUT2D eigenvalue weighted by Gasteiger charge is -2.05. The number of amides is 1. The van der Waals surface area contributed by atoms with Crippen LogP contribution in [0.5, 0.6) is 0 Å². The van der Waals surface area contributed by atoms with Crippen molar-refractivity contribution in [3.05, 3.63) is 50.2 Å². The molecule has 0 radical (unpaired) electrons. The zero-order valence-corrected chi connectivity index (χ0v) is 16.4. The number of anilines is 1. The highest BCUT2D eigenvalue weighted by Gasteiger charge is 2.24. The largest absolute Gasteiger partial charge is 0.451 e. The quantitative estimate of drug-likeness (QED) is 0.621. The number of fused-ring (bicyclic) bond motifs is 2. The summed E-state index contributed by atoms with van der Waals surface area (Å²) >= 11 is 8.91. The highest BCUT2D eigenvalue weighted by Crippen LogP contribution is 2.38. The van der Waals surface area contributed by atoms with Crippen molar-refractivity contribution in [2.24, 2.45) is 0 Å². The standard InChI is InChI=1S/C19H13ClN2O3S2/c20-16-11-4-1-2-6-14(11)26-17(16)19(24)25-9-15(23)22-18-12(8-21)10-5-3-7-13(10)27-18/h1-2,4,6H,3,5,7,9H2,(H,22,23). The second-order valence-corrected chi connectivity index (χ2v) is 8.57. The smallest absolute Gasteiger partial charge is 0.350 e. The van der Waals surface area contributed by atoms with Gasteiger partial charge in [-0.25, -0.2) is 4.79 Å². The molecule has 1 aliphatic rings. The Morgan fingerprint density at radius 1 is 1.26 bits per heavy atom. The SMILES string of the molecule is N#Cc1c(NC(=O)COC(=O)c2sc3ccccc3c2Cl)sc2c1CCC2. The Kier molecular flexibility index (Phi) is 4.87. The van der Waals surface area contributed by atoms with E-state index >= 15 is 0 Å². The average Bonchev–Trinajstić information content (AvgIpc) is 3.33. The molecular weight excluding hydrogens is 404 g/mol. The number of hydrogen-bond donors (Lipinski definition) is 1. The number of aryl methyl sites for hydroxylation is 1. The van der Waals surface area contributed by atoms with E-state index in [1.807, 2.05) is 24.3 Å². The van der Waals surface area contributed by atoms with Crippen LogP contribution >= 0.6 is 34.3 Å². The molecule has 27 heavy (non-hydrogen) atoms. The first-order valence-corrected chi connectivity index (χ1v) is 10.3. The zero-order valence-electron chi connectivity index (χ0n) is 14.0. The van der Waals surface area contributed by atoms with E-state index in [1.54, 1.807) is 0 Å². The normalized spacial score (nSPS) is 12.6. The number of rotatable bonds is 4. The fraction of sp³-hybridized carbons (Fsp3) is 0.211. The van der Waals surface area contributed by atoms with E-state index in [-0.39, 0.29) is 4.88 Å². The molecule has 0 unspecified atom stereocenters. The van der Waals surface area contributed by atoms with Crippen molar-refractivity contribution >= 4 is 61.2 Å². The number of benzene rings is 1. The summed E-state index contributed by atoms with van der Waals surface area (Å²) in [6, 6.07) is 9.57. The molecule has 0 aliphatic heterocycles. The van der Waals surface area contributed by atoms with Gasteiger partial charge in [0.05, 0.1) is 10.6 Å². The molecule has 1 N–H and O–H groups in total. The van der Waals surface area contributed by atoms with E-state index in [9.17, 15) is 14.9 Å². The van der Waals surface area contributed by atoms with Crippen LogP contribution in [0.4, 0.5) is 5.00 Å². The lowest BCUT2D eigenvalue weighted by molar-refractivity contribution is -0.119. The van der Waals surface area contributed by atoms with E-state index in [2.05, 4.69) is 11.4 Å². The maximum absolute atomic E-state index is 12.3. The first-order valence-electron chi connectivity index (χ1n) is 8.27. The second kappa shape index (κ2) is 7.31. The van der Waals surface area contributed by atoms with E-state index in [0.717, 1.165) is 39.8 Å². The number of halogens is 1. The van der Waals surface area contributed by atoms with Gasteiger partial charge < -0.3 is 10.1 Å². The Labute approximate surface area is 168 Å². The van der Waals surface area contributed by atoms with Crippen LogP contribution in [0.15, 0.2) is 24.3 Å². The van der Waals surface area contributed by atoms with Gasteiger partial charge in [-0.2, -0.15) is 5.26 Å². The molecule has 2 heterocycles. The molecular formula is C19H13ClN2O3S2. The Morgan fingerprint density at radius 3 is 2.85 bits per heavy atom. The minimum absolute atomic E-state index is 0.276. The van der Waals surface area contributed by atoms with Crippen molar-refractivity contribution in [3.8, 4) is 6.07 Å². The number of nitrogens with zero attached hydrogens (tertiary/aromatic N) is 1. The Balaban J connectivity index is 1.43. The molecule has 0 bridgehead atoms. The van der Waals surface area contributed by atoms with Crippen LogP contribution in [0.1, 0.15) is 32.1 Å². The van der Waals surface area contributed by atoms with Crippen molar-refractivity contribution in [1.82, 2.24) is 0 Å². The molecule has 0 saturated heterocycles. The lowest BCUT2D eigenvalue weighted by Crippen LogP contribution is -2.20. The van der Waals surface area contributed by atoms with Crippen molar-refractivity contribution in [2.45, 2.75) is 19.3 Å². The summed E-state index contributed by atoms with van der Waals surface area (Å²) in [6.45, 7) is -0.434. The Hall–Kier alpha value is -2.40. The maximum Gasteiger partial charge on any atom is 0.350 e. The number of carbonyl (C=O) groups excluding carboxylic acids is 2. The average molecular weight is 417 g/mol. The number of nitriles is 1. The van der Waals surface area contributed by atoms with Crippen LogP contribution in [0.3, 0.4) is 0 Å². The molecule has 4 rings (SSSR count). The van der Waals surface area contributed by atoms with E-state index < -0.39 is 18.5 Å². The van der Waals surface area contributed by atoms with Gasteiger partial charge in [0, 0.05) is 15.0 Å². The Bertz CT molecular complexity index is 1110. The van der Waals surface area contributed by atoms with E-state index in [4.69, 9.17) is 16.3 Å². The van der Waals surface area contributed by atoms with Gasteiger partial charge in [-0.15, -0.1) is 22.7 Å². The number of nitrogens with one attached hydrogen (secondary N) is 1. The summed E-state index contributed by atoms with van der Waals surface area (Å²) in [5.74, 6) is -1.11. The molecule has 5 nitrogen and oxygen atoms in total. The van der Waals surface area contributed by atoms with E-state index in [1.165, 1.54) is 22.7 Å². The van der Waals surface area contributed by atoms with Gasteiger partial charge in [-0.05, 0) is 30.9 Å². The van der Waals surface area contributed by atoms with Crippen LogP contribution in [0.2, 0.25) is 5.02 Å². The monoisotopic (exact) mass is 416 g/mol. The predicted octanol–water partition coefficient (Wildman–Crippen LogP) is 4.77. The van der Waals surface area contributed by atoms with Gasteiger partial charge in [0.1, 0.15) is 15.9 Å². The van der Waals surface area contributed by atoms with Crippen LogP contribution in [0, 0.1) is 11.3 Å². The fourth-order valence-electron chi connectivity index (χ4n) is 3.12. The number of thiophene rings is 2. The van der Waals surface area contributed by atoms with Gasteiger partial charge >= 0.3 is 5.97 Å². The van der Waals surface area contributed by atoms with Crippen LogP contribution in [-0.4, -0.2) is 18.5 Å². The summed E-state index contributed by atoms with van der Waals surface area (Å²) in [5.41, 5.74) is 1.56. The zero-order chi connectivity index (χ0) is 19.0. The molecule has 3 aromatic rings. The van der Waals surface area contributed by atoms with Gasteiger partial charge in [-0.1, -0.05) is 29.8 Å². The number of esters is 1. The molecule has 1 aromatic carbocycles. The van der Waals surface area contributed by atoms with E-state index in [0.29, 0.717) is 15.6 Å². The number of ether oxygens (including phenoxy) is 1. The molecule has 1 aliphatic carbocycles. The minimum atomic E-state index is -0.634. The molecule has 8 heteroatoms. The van der Waals surface area contributed by atoms with Crippen LogP contribution in [0.25, 0.3) is 10.1 Å². The van der Waals surface area contributed by atoms with Gasteiger partial charge in [-0.3, -0.25) is 4.79 Å². The predicted molar refractivity (Wildman–Crippen MR) is 107 cm³/mol. The number of carbonyl (C=O) groups is 2. The van der Waals surface area contributed by atoms with Crippen molar-refractivity contribution < 1.29 is 14.3 Å². The third-order valence-electron chi connectivity index (χ3n) is 4.34. The third kappa shape index (κ3) is 3.32. The van der Waals surface area contributed by atoms with Crippen LogP contribution in [-0.2, 0) is 22.4 Å². The Morgan fingerprint density at radius 2 is 2.07 bits per heavy atom. The molecule has 0 spiro atoms. The highest BCUT2D eigenvalue weighted by atomic mass is 35.5. The summed E-state index contributed by atoms with van der Waals surface area (Å²) in [5, 5.41) is 13.7. The van der Waals surface area contributed by atoms with Gasteiger partial charge in [0.2, 0.25) is 0 Å². The number of hydrogen-bond acceptors (Lipinski definition) is 6. The summed E-state index contributed by atoms with van der Waals surface area (Å²) in [4.78, 5) is 25.9. The van der Waals surface area contributed by atoms with Crippen molar-refractivity contribution in [3.63, 3.8) is 0 Å². The van der Waals surface area contributed by atoms with Crippen LogP contribution < -0.4 is 5.32 Å². The molecule has 136 valence electrons. The molecule has 1 amide bonds. The maximum atomic E-state index is 12.3. The molecule has 0 saturated carbocycles. The minimum Gasteiger partial charge on any atom is -0.451 e. The molecule has 0 fully saturated rings. The molecule has 0 atom stereocenters. The second-order valence-electron chi connectivity index (χ2n) is 6.04. The first kappa shape index (κ1) is 18.0. The summed E-state index contributed by atoms with van der Waals surface area (Å²) in [6.07, 6.45) is 2.84. The lowest BCUT2D eigenvalue weighted by atomic mass is 10.1.